The number of methoxy groups -OCH3 is 1. The van der Waals surface area contributed by atoms with Crippen LogP contribution in [0.4, 0.5) is 0 Å². The number of benzene rings is 1. The molecule has 0 aliphatic carbocycles. The number of aryl methyl sites for hydroxylation is 1. The minimum absolute atomic E-state index is 0.0133. The molecule has 0 spiro atoms. The van der Waals surface area contributed by atoms with Crippen molar-refractivity contribution in [2.75, 3.05) is 13.7 Å². The molecule has 1 aromatic heterocycles. The number of aromatic nitrogens is 2. The number of nitrogens with one attached hydrogen (secondary N) is 1. The predicted octanol–water partition coefficient (Wildman–Crippen LogP) is 1.11. The third kappa shape index (κ3) is 3.28. The van der Waals surface area contributed by atoms with Crippen molar-refractivity contribution in [3.8, 4) is 11.5 Å². The van der Waals surface area contributed by atoms with E-state index in [1.807, 2.05) is 13.2 Å². The van der Waals surface area contributed by atoms with Gasteiger partial charge in [0.25, 0.3) is 5.91 Å². The summed E-state index contributed by atoms with van der Waals surface area (Å²) in [5, 5.41) is 16.4. The van der Waals surface area contributed by atoms with E-state index in [4.69, 9.17) is 4.74 Å². The fraction of sp³-hybridized carbons (Fsp3) is 0.286. The molecule has 0 aliphatic rings. The molecule has 1 heterocycles. The molecule has 0 fully saturated rings. The lowest BCUT2D eigenvalue weighted by Gasteiger charge is -2.07. The lowest BCUT2D eigenvalue weighted by molar-refractivity contribution is 0.0954. The van der Waals surface area contributed by atoms with E-state index in [0.717, 1.165) is 12.0 Å². The van der Waals surface area contributed by atoms with Gasteiger partial charge in [-0.1, -0.05) is 0 Å². The fourth-order valence-corrected chi connectivity index (χ4v) is 1.84. The topological polar surface area (TPSA) is 76.4 Å². The van der Waals surface area contributed by atoms with Crippen LogP contribution in [0.2, 0.25) is 0 Å². The Morgan fingerprint density at radius 1 is 1.50 bits per heavy atom. The number of rotatable bonds is 5. The van der Waals surface area contributed by atoms with Crippen molar-refractivity contribution in [2.24, 2.45) is 7.05 Å². The van der Waals surface area contributed by atoms with Crippen LogP contribution in [0.3, 0.4) is 0 Å². The second-order valence-electron chi connectivity index (χ2n) is 4.41. The number of phenols is 1. The molecule has 20 heavy (non-hydrogen) atoms. The molecule has 1 amide bonds. The van der Waals surface area contributed by atoms with Crippen LogP contribution in [0.15, 0.2) is 30.6 Å². The highest BCUT2D eigenvalue weighted by atomic mass is 16.5. The third-order valence-electron chi connectivity index (χ3n) is 2.90. The molecule has 6 heteroatoms. The molecule has 0 saturated carbocycles. The Balaban J connectivity index is 1.91. The van der Waals surface area contributed by atoms with Crippen LogP contribution < -0.4 is 10.1 Å². The molecule has 0 unspecified atom stereocenters. The van der Waals surface area contributed by atoms with Gasteiger partial charge in [0, 0.05) is 25.4 Å². The quantitative estimate of drug-likeness (QED) is 0.857. The van der Waals surface area contributed by atoms with Gasteiger partial charge in [-0.05, 0) is 30.2 Å². The third-order valence-corrected chi connectivity index (χ3v) is 2.90. The summed E-state index contributed by atoms with van der Waals surface area (Å²) in [6.45, 7) is 0.522. The molecule has 0 atom stereocenters. The average Bonchev–Trinajstić information content (AvgIpc) is 2.85. The standard InChI is InChI=1S/C14H17N3O3/c1-17-9-10(8-16-17)5-6-15-14(19)11-3-4-12(18)13(7-11)20-2/h3-4,7-9,18H,5-6H2,1-2H3,(H,15,19). The van der Waals surface area contributed by atoms with Crippen LogP contribution in [0.25, 0.3) is 0 Å². The Morgan fingerprint density at radius 3 is 2.95 bits per heavy atom. The van der Waals surface area contributed by atoms with E-state index in [1.165, 1.54) is 19.2 Å². The number of carbonyl (C=O) groups is 1. The van der Waals surface area contributed by atoms with E-state index in [9.17, 15) is 9.90 Å². The van der Waals surface area contributed by atoms with Crippen molar-refractivity contribution < 1.29 is 14.6 Å². The highest BCUT2D eigenvalue weighted by molar-refractivity contribution is 5.94. The lowest BCUT2D eigenvalue weighted by Crippen LogP contribution is -2.25. The van der Waals surface area contributed by atoms with Crippen LogP contribution in [0.5, 0.6) is 11.5 Å². The molecule has 0 aliphatic heterocycles. The summed E-state index contributed by atoms with van der Waals surface area (Å²) >= 11 is 0. The van der Waals surface area contributed by atoms with Crippen molar-refractivity contribution in [1.29, 1.82) is 0 Å². The van der Waals surface area contributed by atoms with Gasteiger partial charge in [0.1, 0.15) is 0 Å². The van der Waals surface area contributed by atoms with Gasteiger partial charge in [0.15, 0.2) is 11.5 Å². The molecule has 0 bridgehead atoms. The molecule has 0 radical (unpaired) electrons. The Labute approximate surface area is 117 Å². The first-order chi connectivity index (χ1) is 9.60. The number of ether oxygens (including phenoxy) is 1. The van der Waals surface area contributed by atoms with E-state index in [-0.39, 0.29) is 17.4 Å². The molecule has 106 valence electrons. The van der Waals surface area contributed by atoms with Crippen molar-refractivity contribution >= 4 is 5.91 Å². The van der Waals surface area contributed by atoms with Crippen molar-refractivity contribution in [1.82, 2.24) is 15.1 Å². The average molecular weight is 275 g/mol. The van der Waals surface area contributed by atoms with Crippen LogP contribution in [0.1, 0.15) is 15.9 Å². The van der Waals surface area contributed by atoms with Crippen molar-refractivity contribution in [2.45, 2.75) is 6.42 Å². The van der Waals surface area contributed by atoms with Crippen LogP contribution in [-0.2, 0) is 13.5 Å². The first-order valence-electron chi connectivity index (χ1n) is 6.23. The summed E-state index contributed by atoms with van der Waals surface area (Å²) < 4.78 is 6.70. The molecule has 0 saturated heterocycles. The Kier molecular flexibility index (Phi) is 4.24. The molecule has 6 nitrogen and oxygen atoms in total. The van der Waals surface area contributed by atoms with E-state index in [0.29, 0.717) is 12.1 Å². The van der Waals surface area contributed by atoms with Crippen LogP contribution in [-0.4, -0.2) is 34.4 Å². The van der Waals surface area contributed by atoms with Gasteiger partial charge >= 0.3 is 0 Å². The Hall–Kier alpha value is -2.50. The molecule has 2 N–H and O–H groups in total. The zero-order valence-corrected chi connectivity index (χ0v) is 11.5. The summed E-state index contributed by atoms with van der Waals surface area (Å²) in [4.78, 5) is 12.0. The second-order valence-corrected chi connectivity index (χ2v) is 4.41. The largest absolute Gasteiger partial charge is 0.504 e. The summed E-state index contributed by atoms with van der Waals surface area (Å²) in [6.07, 6.45) is 4.40. The van der Waals surface area contributed by atoms with Gasteiger partial charge in [0.2, 0.25) is 0 Å². The molecular formula is C14H17N3O3. The first-order valence-corrected chi connectivity index (χ1v) is 6.23. The molecule has 2 rings (SSSR count). The van der Waals surface area contributed by atoms with Gasteiger partial charge in [-0.3, -0.25) is 9.48 Å². The Bertz CT molecular complexity index is 607. The Morgan fingerprint density at radius 2 is 2.30 bits per heavy atom. The number of hydrogen-bond donors (Lipinski definition) is 2. The minimum atomic E-state index is -0.202. The van der Waals surface area contributed by atoms with Gasteiger partial charge < -0.3 is 15.2 Å². The number of carbonyl (C=O) groups excluding carboxylic acids is 1. The minimum Gasteiger partial charge on any atom is -0.504 e. The maximum absolute atomic E-state index is 12.0. The molecule has 1 aromatic carbocycles. The van der Waals surface area contributed by atoms with E-state index in [2.05, 4.69) is 10.4 Å². The maximum atomic E-state index is 12.0. The van der Waals surface area contributed by atoms with E-state index in [1.54, 1.807) is 16.9 Å². The van der Waals surface area contributed by atoms with Crippen molar-refractivity contribution in [3.63, 3.8) is 0 Å². The van der Waals surface area contributed by atoms with Crippen LogP contribution >= 0.6 is 0 Å². The first kappa shape index (κ1) is 13.9. The van der Waals surface area contributed by atoms with Gasteiger partial charge in [-0.25, -0.2) is 0 Å². The summed E-state index contributed by atoms with van der Waals surface area (Å²) in [7, 11) is 3.30. The van der Waals surface area contributed by atoms with Gasteiger partial charge in [-0.2, -0.15) is 5.10 Å². The smallest absolute Gasteiger partial charge is 0.251 e. The normalized spacial score (nSPS) is 10.3. The second kappa shape index (κ2) is 6.10. The van der Waals surface area contributed by atoms with E-state index >= 15 is 0 Å². The summed E-state index contributed by atoms with van der Waals surface area (Å²) in [5.74, 6) is 0.0940. The number of aromatic hydroxyl groups is 1. The number of hydrogen-bond acceptors (Lipinski definition) is 4. The zero-order valence-electron chi connectivity index (χ0n) is 11.5. The summed E-state index contributed by atoms with van der Waals surface area (Å²) in [6, 6.07) is 4.50. The van der Waals surface area contributed by atoms with Crippen LogP contribution in [0, 0.1) is 0 Å². The van der Waals surface area contributed by atoms with E-state index < -0.39 is 0 Å². The number of nitrogens with zero attached hydrogens (tertiary/aromatic N) is 2. The monoisotopic (exact) mass is 275 g/mol. The SMILES string of the molecule is COc1cc(C(=O)NCCc2cnn(C)c2)ccc1O. The van der Waals surface area contributed by atoms with Gasteiger partial charge in [0.05, 0.1) is 13.3 Å². The highest BCUT2D eigenvalue weighted by Crippen LogP contribution is 2.26. The molecule has 2 aromatic rings. The lowest BCUT2D eigenvalue weighted by atomic mass is 10.2. The van der Waals surface area contributed by atoms with Crippen molar-refractivity contribution in [3.05, 3.63) is 41.7 Å². The number of phenolic OH excluding ortho intramolecular Hbond substituents is 1. The zero-order chi connectivity index (χ0) is 14.5. The molecular weight excluding hydrogens is 258 g/mol. The highest BCUT2D eigenvalue weighted by Gasteiger charge is 2.09. The fourth-order valence-electron chi connectivity index (χ4n) is 1.84. The number of amides is 1. The maximum Gasteiger partial charge on any atom is 0.251 e. The summed E-state index contributed by atoms with van der Waals surface area (Å²) in [5.41, 5.74) is 1.52. The predicted molar refractivity (Wildman–Crippen MR) is 73.9 cm³/mol. The van der Waals surface area contributed by atoms with Gasteiger partial charge in [-0.15, -0.1) is 0 Å².